The molecule has 8 heteroatoms. The molecular formula is C21H21ClFN3OS2. The second-order valence-corrected chi connectivity index (χ2v) is 8.75. The molecule has 0 fully saturated rings. The van der Waals surface area contributed by atoms with Gasteiger partial charge in [-0.25, -0.2) is 9.38 Å². The van der Waals surface area contributed by atoms with Gasteiger partial charge in [-0.15, -0.1) is 11.8 Å². The number of aliphatic imine (C=N–C) groups is 3. The van der Waals surface area contributed by atoms with Crippen LogP contribution in [-0.4, -0.2) is 40.8 Å². The SMILES string of the molecule is C=C(C=CC(=NC)SC)C1N=C(c2ccc(F)cc2)OC1SC1=NC=C(Cl)CC1. The molecule has 29 heavy (non-hydrogen) atoms. The van der Waals surface area contributed by atoms with Gasteiger partial charge in [-0.3, -0.25) is 9.98 Å². The zero-order valence-corrected chi connectivity index (χ0v) is 18.5. The number of hydrogen-bond acceptors (Lipinski definition) is 6. The highest BCUT2D eigenvalue weighted by molar-refractivity contribution is 8.14. The van der Waals surface area contributed by atoms with E-state index in [4.69, 9.17) is 21.3 Å². The fraction of sp³-hybridized carbons (Fsp3) is 0.286. The fourth-order valence-electron chi connectivity index (χ4n) is 2.71. The second-order valence-electron chi connectivity index (χ2n) is 6.26. The number of nitrogens with zero attached hydrogens (tertiary/aromatic N) is 3. The van der Waals surface area contributed by atoms with Crippen molar-refractivity contribution in [3.8, 4) is 0 Å². The molecule has 0 N–H and O–H groups in total. The highest BCUT2D eigenvalue weighted by Crippen LogP contribution is 2.34. The molecule has 2 aliphatic heterocycles. The van der Waals surface area contributed by atoms with E-state index in [0.717, 1.165) is 39.1 Å². The minimum atomic E-state index is -0.312. The van der Waals surface area contributed by atoms with Crippen LogP contribution in [0.3, 0.4) is 0 Å². The summed E-state index contributed by atoms with van der Waals surface area (Å²) in [5.74, 6) is 0.173. The molecule has 0 spiro atoms. The molecule has 2 aliphatic rings. The van der Waals surface area contributed by atoms with Crippen molar-refractivity contribution in [3.05, 3.63) is 71.2 Å². The normalized spacial score (nSPS) is 22.2. The zero-order chi connectivity index (χ0) is 20.8. The lowest BCUT2D eigenvalue weighted by atomic mass is 10.1. The van der Waals surface area contributed by atoms with Gasteiger partial charge < -0.3 is 4.74 Å². The molecule has 0 saturated heterocycles. The third kappa shape index (κ3) is 5.84. The van der Waals surface area contributed by atoms with Crippen molar-refractivity contribution in [2.45, 2.75) is 24.3 Å². The zero-order valence-electron chi connectivity index (χ0n) is 16.1. The van der Waals surface area contributed by atoms with Gasteiger partial charge >= 0.3 is 0 Å². The largest absolute Gasteiger partial charge is 0.460 e. The van der Waals surface area contributed by atoms with E-state index < -0.39 is 0 Å². The third-order valence-electron chi connectivity index (χ3n) is 4.26. The summed E-state index contributed by atoms with van der Waals surface area (Å²) < 4.78 is 19.4. The number of benzene rings is 1. The highest BCUT2D eigenvalue weighted by atomic mass is 35.5. The Hall–Kier alpha value is -1.83. The number of ether oxygens (including phenoxy) is 1. The number of hydrogen-bond donors (Lipinski definition) is 0. The molecule has 2 unspecified atom stereocenters. The van der Waals surface area contributed by atoms with Crippen LogP contribution in [0.2, 0.25) is 0 Å². The molecule has 2 atom stereocenters. The lowest BCUT2D eigenvalue weighted by molar-refractivity contribution is 0.296. The highest BCUT2D eigenvalue weighted by Gasteiger charge is 2.34. The molecule has 0 amide bonds. The summed E-state index contributed by atoms with van der Waals surface area (Å²) in [5, 5.41) is 2.59. The van der Waals surface area contributed by atoms with E-state index in [1.807, 2.05) is 18.4 Å². The maximum atomic E-state index is 13.3. The van der Waals surface area contributed by atoms with Crippen LogP contribution in [0.25, 0.3) is 0 Å². The van der Waals surface area contributed by atoms with Gasteiger partial charge in [-0.05, 0) is 48.6 Å². The Kier molecular flexibility index (Phi) is 7.75. The van der Waals surface area contributed by atoms with Gasteiger partial charge in [0, 0.05) is 30.3 Å². The number of allylic oxidation sites excluding steroid dienone is 1. The molecule has 0 saturated carbocycles. The maximum absolute atomic E-state index is 13.3. The standard InChI is InChI=1S/C21H21ClFN3OS2/c1-13(4-10-17(24-2)28-3)19-21(29-18-11-7-15(22)12-25-18)27-20(26-19)14-5-8-16(23)9-6-14/h4-6,8-10,12,19,21H,1,7,11H2,2-3H3. The van der Waals surface area contributed by atoms with Gasteiger partial charge in [0.05, 0.1) is 10.1 Å². The fourth-order valence-corrected chi connectivity index (χ4v) is 4.34. The minimum Gasteiger partial charge on any atom is -0.460 e. The van der Waals surface area contributed by atoms with Crippen molar-refractivity contribution in [1.82, 2.24) is 0 Å². The summed E-state index contributed by atoms with van der Waals surface area (Å²) in [4.78, 5) is 13.4. The van der Waals surface area contributed by atoms with E-state index in [1.165, 1.54) is 23.9 Å². The molecule has 0 aromatic heterocycles. The van der Waals surface area contributed by atoms with Crippen LogP contribution in [0.1, 0.15) is 18.4 Å². The predicted molar refractivity (Wildman–Crippen MR) is 125 cm³/mol. The molecule has 2 heterocycles. The van der Waals surface area contributed by atoms with Gasteiger partial charge in [0.15, 0.2) is 5.44 Å². The summed E-state index contributed by atoms with van der Waals surface area (Å²) in [6.45, 7) is 4.19. The first kappa shape index (κ1) is 21.9. The lowest BCUT2D eigenvalue weighted by Crippen LogP contribution is -2.22. The van der Waals surface area contributed by atoms with Crippen LogP contribution in [0, 0.1) is 5.82 Å². The van der Waals surface area contributed by atoms with E-state index in [9.17, 15) is 4.39 Å². The summed E-state index contributed by atoms with van der Waals surface area (Å²) in [6.07, 6.45) is 9.01. The summed E-state index contributed by atoms with van der Waals surface area (Å²) in [7, 11) is 1.75. The Balaban J connectivity index is 1.83. The number of thioether (sulfide) groups is 2. The van der Waals surface area contributed by atoms with Crippen molar-refractivity contribution in [2.75, 3.05) is 13.3 Å². The molecule has 3 rings (SSSR count). The van der Waals surface area contributed by atoms with Gasteiger partial charge in [0.1, 0.15) is 11.9 Å². The molecule has 0 aliphatic carbocycles. The smallest absolute Gasteiger partial charge is 0.218 e. The van der Waals surface area contributed by atoms with E-state index in [-0.39, 0.29) is 17.3 Å². The Morgan fingerprint density at radius 1 is 1.31 bits per heavy atom. The first-order chi connectivity index (χ1) is 14.0. The Morgan fingerprint density at radius 3 is 2.69 bits per heavy atom. The molecule has 152 valence electrons. The maximum Gasteiger partial charge on any atom is 0.218 e. The van der Waals surface area contributed by atoms with Crippen LogP contribution in [0.5, 0.6) is 0 Å². The quantitative estimate of drug-likeness (QED) is 0.324. The third-order valence-corrected chi connectivity index (χ3v) is 6.45. The molecular weight excluding hydrogens is 429 g/mol. The van der Waals surface area contributed by atoms with Gasteiger partial charge in [0.25, 0.3) is 0 Å². The van der Waals surface area contributed by atoms with Crippen LogP contribution in [0.4, 0.5) is 4.39 Å². The van der Waals surface area contributed by atoms with Crippen LogP contribution < -0.4 is 0 Å². The van der Waals surface area contributed by atoms with Crippen LogP contribution >= 0.6 is 35.1 Å². The lowest BCUT2D eigenvalue weighted by Gasteiger charge is -2.19. The van der Waals surface area contributed by atoms with Crippen molar-refractivity contribution >= 4 is 51.1 Å². The first-order valence-corrected chi connectivity index (χ1v) is 11.4. The summed E-state index contributed by atoms with van der Waals surface area (Å²) in [6, 6.07) is 5.82. The van der Waals surface area contributed by atoms with Crippen molar-refractivity contribution in [2.24, 2.45) is 15.0 Å². The second kappa shape index (κ2) is 10.3. The van der Waals surface area contributed by atoms with Gasteiger partial charge in [0.2, 0.25) is 5.90 Å². The average molecular weight is 450 g/mol. The predicted octanol–water partition coefficient (Wildman–Crippen LogP) is 5.81. The average Bonchev–Trinajstić information content (AvgIpc) is 3.14. The monoisotopic (exact) mass is 449 g/mol. The Morgan fingerprint density at radius 2 is 2.07 bits per heavy atom. The van der Waals surface area contributed by atoms with E-state index in [1.54, 1.807) is 37.1 Å². The van der Waals surface area contributed by atoms with Crippen molar-refractivity contribution in [1.29, 1.82) is 0 Å². The van der Waals surface area contributed by atoms with Crippen LogP contribution in [-0.2, 0) is 4.74 Å². The van der Waals surface area contributed by atoms with Crippen molar-refractivity contribution < 1.29 is 9.13 Å². The molecule has 4 nitrogen and oxygen atoms in total. The molecule has 1 aromatic rings. The van der Waals surface area contributed by atoms with Crippen LogP contribution in [0.15, 0.2) is 74.8 Å². The molecule has 1 aromatic carbocycles. The molecule has 0 radical (unpaired) electrons. The number of halogens is 2. The van der Waals surface area contributed by atoms with Gasteiger partial charge in [-0.1, -0.05) is 36.0 Å². The summed E-state index contributed by atoms with van der Waals surface area (Å²) >= 11 is 9.09. The summed E-state index contributed by atoms with van der Waals surface area (Å²) in [5.41, 5.74) is 1.22. The Labute approximate surface area is 183 Å². The molecule has 0 bridgehead atoms. The van der Waals surface area contributed by atoms with E-state index >= 15 is 0 Å². The topological polar surface area (TPSA) is 46.3 Å². The van der Waals surface area contributed by atoms with Crippen molar-refractivity contribution in [3.63, 3.8) is 0 Å². The Bertz CT molecular complexity index is 922. The number of rotatable bonds is 5. The van der Waals surface area contributed by atoms with E-state index in [2.05, 4.69) is 16.6 Å². The van der Waals surface area contributed by atoms with Gasteiger partial charge in [-0.2, -0.15) is 0 Å². The first-order valence-electron chi connectivity index (χ1n) is 8.96. The minimum absolute atomic E-state index is 0.291. The van der Waals surface area contributed by atoms with E-state index in [0.29, 0.717) is 5.90 Å².